The first-order valence-corrected chi connectivity index (χ1v) is 11.7. The lowest BCUT2D eigenvalue weighted by atomic mass is 10.1. The van der Waals surface area contributed by atoms with Gasteiger partial charge in [-0.15, -0.1) is 0 Å². The maximum Gasteiger partial charge on any atom is 0.238 e. The zero-order chi connectivity index (χ0) is 24.5. The molecule has 9 heteroatoms. The van der Waals surface area contributed by atoms with Crippen LogP contribution in [0.3, 0.4) is 0 Å². The normalized spacial score (nSPS) is 13.8. The molecular weight excluding hydrogens is 444 g/mol. The average Bonchev–Trinajstić information content (AvgIpc) is 2.83. The number of rotatable bonds is 11. The molecule has 0 atom stereocenters. The van der Waals surface area contributed by atoms with Crippen molar-refractivity contribution >= 4 is 17.3 Å². The Morgan fingerprint density at radius 1 is 1.06 bits per heavy atom. The summed E-state index contributed by atoms with van der Waals surface area (Å²) in [7, 11) is 0. The smallest absolute Gasteiger partial charge is 0.238 e. The third kappa shape index (κ3) is 6.57. The summed E-state index contributed by atoms with van der Waals surface area (Å²) in [6.45, 7) is 9.62. The molecule has 0 bridgehead atoms. The van der Waals surface area contributed by atoms with E-state index in [1.54, 1.807) is 11.0 Å². The van der Waals surface area contributed by atoms with E-state index in [2.05, 4.69) is 10.2 Å². The number of hydrogen-bond donors (Lipinski definition) is 1. The Balaban J connectivity index is 1.79. The van der Waals surface area contributed by atoms with Gasteiger partial charge in [0.15, 0.2) is 0 Å². The van der Waals surface area contributed by atoms with Crippen molar-refractivity contribution in [2.45, 2.75) is 27.3 Å². The highest BCUT2D eigenvalue weighted by Crippen LogP contribution is 2.39. The van der Waals surface area contributed by atoms with Gasteiger partial charge in [-0.3, -0.25) is 9.69 Å². The molecule has 1 aliphatic heterocycles. The summed E-state index contributed by atoms with van der Waals surface area (Å²) < 4.78 is 45.3. The second-order valence-corrected chi connectivity index (χ2v) is 7.83. The molecule has 1 aliphatic rings. The number of nitrogens with zero attached hydrogens (tertiary/aromatic N) is 2. The molecule has 0 aromatic heterocycles. The zero-order valence-corrected chi connectivity index (χ0v) is 20.0. The van der Waals surface area contributed by atoms with Crippen molar-refractivity contribution in [1.29, 1.82) is 0 Å². The van der Waals surface area contributed by atoms with Crippen LogP contribution < -0.4 is 19.7 Å². The van der Waals surface area contributed by atoms with E-state index >= 15 is 0 Å². The van der Waals surface area contributed by atoms with E-state index in [9.17, 15) is 13.6 Å². The Kier molecular flexibility index (Phi) is 9.47. The van der Waals surface area contributed by atoms with Crippen LogP contribution in [0.15, 0.2) is 30.3 Å². The van der Waals surface area contributed by atoms with Gasteiger partial charge in [0.05, 0.1) is 44.3 Å². The van der Waals surface area contributed by atoms with Gasteiger partial charge in [0, 0.05) is 37.3 Å². The third-order valence-electron chi connectivity index (χ3n) is 5.54. The summed E-state index contributed by atoms with van der Waals surface area (Å²) in [4.78, 5) is 16.7. The molecule has 1 heterocycles. The van der Waals surface area contributed by atoms with Gasteiger partial charge in [-0.05, 0) is 32.5 Å². The van der Waals surface area contributed by atoms with Crippen LogP contribution in [0.2, 0.25) is 0 Å². The Bertz CT molecular complexity index is 947. The van der Waals surface area contributed by atoms with Crippen molar-refractivity contribution in [2.75, 3.05) is 62.8 Å². The fraction of sp³-hybridized carbons (Fsp3) is 0.480. The van der Waals surface area contributed by atoms with E-state index in [0.29, 0.717) is 50.2 Å². The van der Waals surface area contributed by atoms with Gasteiger partial charge in [0.2, 0.25) is 5.91 Å². The molecule has 1 saturated heterocycles. The molecule has 1 fully saturated rings. The van der Waals surface area contributed by atoms with Crippen molar-refractivity contribution in [2.24, 2.45) is 0 Å². The maximum absolute atomic E-state index is 14.1. The third-order valence-corrected chi connectivity index (χ3v) is 5.54. The van der Waals surface area contributed by atoms with Crippen LogP contribution in [-0.4, -0.2) is 63.4 Å². The molecule has 0 radical (unpaired) electrons. The molecule has 34 heavy (non-hydrogen) atoms. The zero-order valence-electron chi connectivity index (χ0n) is 20.0. The van der Waals surface area contributed by atoms with Crippen LogP contribution in [0.5, 0.6) is 11.5 Å². The Morgan fingerprint density at radius 3 is 2.32 bits per heavy atom. The van der Waals surface area contributed by atoms with E-state index in [4.69, 9.17) is 14.2 Å². The summed E-state index contributed by atoms with van der Waals surface area (Å²) in [5.41, 5.74) is 1.32. The second-order valence-electron chi connectivity index (χ2n) is 7.83. The molecule has 0 unspecified atom stereocenters. The first-order valence-electron chi connectivity index (χ1n) is 11.7. The van der Waals surface area contributed by atoms with Crippen LogP contribution >= 0.6 is 0 Å². The molecule has 2 aromatic carbocycles. The first-order chi connectivity index (χ1) is 16.5. The number of benzene rings is 2. The Morgan fingerprint density at radius 2 is 1.71 bits per heavy atom. The quantitative estimate of drug-likeness (QED) is 0.527. The highest BCUT2D eigenvalue weighted by Gasteiger charge is 2.21. The predicted molar refractivity (Wildman–Crippen MR) is 128 cm³/mol. The van der Waals surface area contributed by atoms with Gasteiger partial charge < -0.3 is 24.4 Å². The van der Waals surface area contributed by atoms with Crippen molar-refractivity contribution in [1.82, 2.24) is 4.90 Å². The van der Waals surface area contributed by atoms with Crippen molar-refractivity contribution in [3.63, 3.8) is 0 Å². The predicted octanol–water partition coefficient (Wildman–Crippen LogP) is 4.06. The summed E-state index contributed by atoms with van der Waals surface area (Å²) in [6.07, 6.45) is 0. The molecule has 0 saturated carbocycles. The topological polar surface area (TPSA) is 63.3 Å². The minimum Gasteiger partial charge on any atom is -0.492 e. The molecule has 1 N–H and O–H groups in total. The lowest BCUT2D eigenvalue weighted by Crippen LogP contribution is -2.36. The molecule has 1 amide bonds. The van der Waals surface area contributed by atoms with Gasteiger partial charge in [0.1, 0.15) is 23.1 Å². The largest absolute Gasteiger partial charge is 0.492 e. The van der Waals surface area contributed by atoms with Gasteiger partial charge in [-0.25, -0.2) is 8.78 Å². The van der Waals surface area contributed by atoms with Crippen molar-refractivity contribution in [3.8, 4) is 11.5 Å². The first kappa shape index (κ1) is 25.7. The number of nitrogens with one attached hydrogen (secondary N) is 1. The van der Waals surface area contributed by atoms with Gasteiger partial charge in [0.25, 0.3) is 0 Å². The molecule has 0 spiro atoms. The average molecular weight is 478 g/mol. The number of carbonyl (C=O) groups excluding carboxylic acids is 1. The highest BCUT2D eigenvalue weighted by molar-refractivity contribution is 5.94. The number of ether oxygens (including phenoxy) is 3. The Hall–Kier alpha value is -2.91. The number of hydrogen-bond acceptors (Lipinski definition) is 6. The summed E-state index contributed by atoms with van der Waals surface area (Å²) in [5.74, 6) is -0.399. The summed E-state index contributed by atoms with van der Waals surface area (Å²) in [5, 5.41) is 2.89. The van der Waals surface area contributed by atoms with E-state index in [1.165, 1.54) is 18.2 Å². The SMILES string of the molecule is CCOc1cc(N2CCOCC2)c(OCC)cc1NC(=O)CN(CC)Cc1c(F)cccc1F. The minimum absolute atomic E-state index is 0.0130. The van der Waals surface area contributed by atoms with Crippen molar-refractivity contribution in [3.05, 3.63) is 47.5 Å². The molecule has 2 aromatic rings. The van der Waals surface area contributed by atoms with Crippen LogP contribution in [0, 0.1) is 11.6 Å². The highest BCUT2D eigenvalue weighted by atomic mass is 19.1. The van der Waals surface area contributed by atoms with Crippen LogP contribution in [-0.2, 0) is 16.1 Å². The number of carbonyl (C=O) groups is 1. The van der Waals surface area contributed by atoms with E-state index in [0.717, 1.165) is 18.8 Å². The van der Waals surface area contributed by atoms with Gasteiger partial charge >= 0.3 is 0 Å². The summed E-state index contributed by atoms with van der Waals surface area (Å²) >= 11 is 0. The molecule has 7 nitrogen and oxygen atoms in total. The fourth-order valence-corrected chi connectivity index (χ4v) is 3.82. The van der Waals surface area contributed by atoms with Crippen LogP contribution in [0.4, 0.5) is 20.2 Å². The summed E-state index contributed by atoms with van der Waals surface area (Å²) in [6, 6.07) is 7.40. The minimum atomic E-state index is -0.627. The standard InChI is InChI=1S/C25H33F2N3O4/c1-4-29(16-18-19(26)8-7-9-20(18)27)17-25(31)28-21-14-24(34-6-3)22(15-23(21)33-5-2)30-10-12-32-13-11-30/h7-9,14-15H,4-6,10-13,16-17H2,1-3H3,(H,28,31). The lowest BCUT2D eigenvalue weighted by molar-refractivity contribution is -0.117. The number of halogens is 2. The Labute approximate surface area is 199 Å². The molecule has 0 aliphatic carbocycles. The monoisotopic (exact) mass is 477 g/mol. The second kappa shape index (κ2) is 12.5. The molecule has 3 rings (SSSR count). The fourth-order valence-electron chi connectivity index (χ4n) is 3.82. The van der Waals surface area contributed by atoms with Crippen LogP contribution in [0.1, 0.15) is 26.3 Å². The number of amides is 1. The number of likely N-dealkylation sites (N-methyl/N-ethyl adjacent to an activating group) is 1. The molecule has 186 valence electrons. The maximum atomic E-state index is 14.1. The van der Waals surface area contributed by atoms with Gasteiger partial charge in [-0.2, -0.15) is 0 Å². The number of anilines is 2. The lowest BCUT2D eigenvalue weighted by Gasteiger charge is -2.31. The van der Waals surface area contributed by atoms with Crippen molar-refractivity contribution < 1.29 is 27.8 Å². The van der Waals surface area contributed by atoms with E-state index < -0.39 is 11.6 Å². The van der Waals surface area contributed by atoms with Crippen LogP contribution in [0.25, 0.3) is 0 Å². The van der Waals surface area contributed by atoms with E-state index in [-0.39, 0.29) is 24.6 Å². The molecular formula is C25H33F2N3O4. The van der Waals surface area contributed by atoms with E-state index in [1.807, 2.05) is 26.8 Å². The van der Waals surface area contributed by atoms with Gasteiger partial charge in [-0.1, -0.05) is 13.0 Å². The number of morpholine rings is 1.